The second-order valence-electron chi connectivity index (χ2n) is 5.55. The lowest BCUT2D eigenvalue weighted by Crippen LogP contribution is -2.52. The number of carbonyl (C=O) groups is 2. The zero-order valence-corrected chi connectivity index (χ0v) is 12.4. The fourth-order valence-corrected chi connectivity index (χ4v) is 3.04. The van der Waals surface area contributed by atoms with Crippen LogP contribution in [0.4, 0.5) is 0 Å². The summed E-state index contributed by atoms with van der Waals surface area (Å²) in [5, 5.41) is 5.91. The van der Waals surface area contributed by atoms with Crippen LogP contribution < -0.4 is 10.6 Å². The number of hydrogen-bond acceptors (Lipinski definition) is 4. The summed E-state index contributed by atoms with van der Waals surface area (Å²) in [4.78, 5) is 28.0. The van der Waals surface area contributed by atoms with Crippen LogP contribution in [0, 0.1) is 0 Å². The summed E-state index contributed by atoms with van der Waals surface area (Å²) < 4.78 is 0. The molecule has 2 N–H and O–H groups in total. The van der Waals surface area contributed by atoms with Gasteiger partial charge < -0.3 is 15.5 Å². The highest BCUT2D eigenvalue weighted by molar-refractivity contribution is 5.82. The number of nitrogens with zero attached hydrogens (tertiary/aromatic N) is 2. The lowest BCUT2D eigenvalue weighted by atomic mass is 10.1. The molecule has 2 heterocycles. The van der Waals surface area contributed by atoms with Gasteiger partial charge in [0.2, 0.25) is 11.8 Å². The van der Waals surface area contributed by atoms with Crippen molar-refractivity contribution in [2.75, 3.05) is 46.3 Å². The molecule has 2 aliphatic rings. The molecule has 6 heteroatoms. The first-order valence-electron chi connectivity index (χ1n) is 7.66. The van der Waals surface area contributed by atoms with E-state index < -0.39 is 0 Å². The molecule has 0 spiro atoms. The van der Waals surface area contributed by atoms with Crippen molar-refractivity contribution in [2.45, 2.75) is 31.7 Å². The van der Waals surface area contributed by atoms with Crippen LogP contribution in [0.1, 0.15) is 25.7 Å². The monoisotopic (exact) mass is 282 g/mol. The summed E-state index contributed by atoms with van der Waals surface area (Å²) in [7, 11) is 1.66. The van der Waals surface area contributed by atoms with Crippen molar-refractivity contribution >= 4 is 11.8 Å². The summed E-state index contributed by atoms with van der Waals surface area (Å²) >= 11 is 0. The van der Waals surface area contributed by atoms with E-state index in [0.29, 0.717) is 6.42 Å². The summed E-state index contributed by atoms with van der Waals surface area (Å²) in [5.74, 6) is 0.359. The molecule has 0 bridgehead atoms. The Balaban J connectivity index is 1.80. The predicted molar refractivity (Wildman–Crippen MR) is 77.3 cm³/mol. The van der Waals surface area contributed by atoms with Crippen molar-refractivity contribution in [3.05, 3.63) is 0 Å². The number of hydrogen-bond donors (Lipinski definition) is 2. The molecule has 2 saturated heterocycles. The van der Waals surface area contributed by atoms with Crippen LogP contribution in [-0.2, 0) is 9.59 Å². The summed E-state index contributed by atoms with van der Waals surface area (Å²) in [5.41, 5.74) is 0. The molecule has 6 nitrogen and oxygen atoms in total. The third-order valence-corrected chi connectivity index (χ3v) is 4.21. The molecule has 0 aliphatic carbocycles. The minimum atomic E-state index is 0.0396. The van der Waals surface area contributed by atoms with E-state index in [9.17, 15) is 9.59 Å². The van der Waals surface area contributed by atoms with E-state index in [4.69, 9.17) is 0 Å². The van der Waals surface area contributed by atoms with Gasteiger partial charge in [0.05, 0.1) is 6.04 Å². The van der Waals surface area contributed by atoms with Gasteiger partial charge >= 0.3 is 0 Å². The molecular weight excluding hydrogens is 256 g/mol. The average molecular weight is 282 g/mol. The van der Waals surface area contributed by atoms with E-state index in [1.54, 1.807) is 7.05 Å². The van der Waals surface area contributed by atoms with Crippen molar-refractivity contribution < 1.29 is 9.59 Å². The largest absolute Gasteiger partial charge is 0.359 e. The quantitative estimate of drug-likeness (QED) is 0.707. The minimum absolute atomic E-state index is 0.0396. The number of piperazine rings is 1. The molecule has 20 heavy (non-hydrogen) atoms. The third-order valence-electron chi connectivity index (χ3n) is 4.21. The Morgan fingerprint density at radius 1 is 1.25 bits per heavy atom. The maximum atomic E-state index is 12.5. The lowest BCUT2D eigenvalue weighted by molar-refractivity contribution is -0.136. The number of amides is 2. The van der Waals surface area contributed by atoms with Gasteiger partial charge in [0.15, 0.2) is 0 Å². The normalized spacial score (nSPS) is 23.9. The van der Waals surface area contributed by atoms with Crippen molar-refractivity contribution in [1.29, 1.82) is 0 Å². The van der Waals surface area contributed by atoms with Crippen LogP contribution in [-0.4, -0.2) is 74.0 Å². The molecule has 0 radical (unpaired) electrons. The lowest BCUT2D eigenvalue weighted by Gasteiger charge is -2.33. The van der Waals surface area contributed by atoms with E-state index >= 15 is 0 Å². The minimum Gasteiger partial charge on any atom is -0.359 e. The highest BCUT2D eigenvalue weighted by Gasteiger charge is 2.33. The van der Waals surface area contributed by atoms with Gasteiger partial charge in [0, 0.05) is 39.6 Å². The standard InChI is InChI=1S/C14H26N4O2/c1-15-13(19)5-3-9-17-8-2-4-12(17)14(20)18-10-6-16-7-11-18/h12,16H,2-11H2,1H3,(H,15,19). The van der Waals surface area contributed by atoms with Gasteiger partial charge in [0.1, 0.15) is 0 Å². The molecular formula is C14H26N4O2. The average Bonchev–Trinajstić information content (AvgIpc) is 2.95. The van der Waals surface area contributed by atoms with Gasteiger partial charge in [-0.1, -0.05) is 0 Å². The maximum absolute atomic E-state index is 12.5. The molecule has 0 aromatic carbocycles. The molecule has 2 fully saturated rings. The van der Waals surface area contributed by atoms with Crippen LogP contribution in [0.3, 0.4) is 0 Å². The molecule has 114 valence electrons. The number of carbonyl (C=O) groups excluding carboxylic acids is 2. The second-order valence-corrected chi connectivity index (χ2v) is 5.55. The topological polar surface area (TPSA) is 64.7 Å². The van der Waals surface area contributed by atoms with Gasteiger partial charge in [-0.05, 0) is 32.4 Å². The van der Waals surface area contributed by atoms with Crippen molar-refractivity contribution in [1.82, 2.24) is 20.4 Å². The van der Waals surface area contributed by atoms with Crippen molar-refractivity contribution in [3.8, 4) is 0 Å². The van der Waals surface area contributed by atoms with Gasteiger partial charge in [-0.15, -0.1) is 0 Å². The highest BCUT2D eigenvalue weighted by Crippen LogP contribution is 2.20. The number of nitrogens with one attached hydrogen (secondary N) is 2. The Kier molecular flexibility index (Phi) is 5.79. The fraction of sp³-hybridized carbons (Fsp3) is 0.857. The molecule has 2 rings (SSSR count). The SMILES string of the molecule is CNC(=O)CCCN1CCCC1C(=O)N1CCNCC1. The zero-order valence-electron chi connectivity index (χ0n) is 12.4. The summed E-state index contributed by atoms with van der Waals surface area (Å²) in [6.07, 6.45) is 3.41. The number of likely N-dealkylation sites (tertiary alicyclic amines) is 1. The maximum Gasteiger partial charge on any atom is 0.240 e. The predicted octanol–water partition coefficient (Wildman–Crippen LogP) is -0.591. The molecule has 2 amide bonds. The molecule has 1 unspecified atom stereocenters. The van der Waals surface area contributed by atoms with Crippen LogP contribution in [0.25, 0.3) is 0 Å². The first-order valence-corrected chi connectivity index (χ1v) is 7.66. The van der Waals surface area contributed by atoms with Crippen LogP contribution >= 0.6 is 0 Å². The summed E-state index contributed by atoms with van der Waals surface area (Å²) in [6, 6.07) is 0.0396. The third kappa shape index (κ3) is 3.93. The van der Waals surface area contributed by atoms with Crippen molar-refractivity contribution in [3.63, 3.8) is 0 Å². The Hall–Kier alpha value is -1.14. The molecule has 1 atom stereocenters. The van der Waals surface area contributed by atoms with Crippen LogP contribution in [0.15, 0.2) is 0 Å². The van der Waals surface area contributed by atoms with E-state index in [1.165, 1.54) is 0 Å². The fourth-order valence-electron chi connectivity index (χ4n) is 3.04. The van der Waals surface area contributed by atoms with E-state index in [1.807, 2.05) is 4.90 Å². The second kappa shape index (κ2) is 7.59. The first-order chi connectivity index (χ1) is 9.72. The molecule has 2 aliphatic heterocycles. The summed E-state index contributed by atoms with van der Waals surface area (Å²) in [6.45, 7) is 5.26. The zero-order chi connectivity index (χ0) is 14.4. The van der Waals surface area contributed by atoms with E-state index in [2.05, 4.69) is 15.5 Å². The molecule has 0 aromatic rings. The number of rotatable bonds is 5. The Morgan fingerprint density at radius 2 is 2.00 bits per heavy atom. The van der Waals surface area contributed by atoms with E-state index in [0.717, 1.165) is 58.5 Å². The first kappa shape index (κ1) is 15.3. The molecule has 0 saturated carbocycles. The smallest absolute Gasteiger partial charge is 0.240 e. The van der Waals surface area contributed by atoms with Crippen LogP contribution in [0.5, 0.6) is 0 Å². The van der Waals surface area contributed by atoms with Gasteiger partial charge in [-0.2, -0.15) is 0 Å². The van der Waals surface area contributed by atoms with Crippen LogP contribution in [0.2, 0.25) is 0 Å². The highest BCUT2D eigenvalue weighted by atomic mass is 16.2. The Bertz CT molecular complexity index is 342. The van der Waals surface area contributed by atoms with Gasteiger partial charge in [-0.25, -0.2) is 0 Å². The Labute approximate surface area is 120 Å². The Morgan fingerprint density at radius 3 is 2.70 bits per heavy atom. The van der Waals surface area contributed by atoms with Crippen molar-refractivity contribution in [2.24, 2.45) is 0 Å². The van der Waals surface area contributed by atoms with Gasteiger partial charge in [-0.3, -0.25) is 14.5 Å². The van der Waals surface area contributed by atoms with Gasteiger partial charge in [0.25, 0.3) is 0 Å². The van der Waals surface area contributed by atoms with E-state index in [-0.39, 0.29) is 17.9 Å². The molecule has 0 aromatic heterocycles.